The predicted molar refractivity (Wildman–Crippen MR) is 139 cm³/mol. The number of nitrogens with one attached hydrogen (secondary N) is 1. The molecule has 1 aliphatic rings. The molecule has 0 aliphatic carbocycles. The molecule has 4 heteroatoms. The number of hydrogen-bond donors (Lipinski definition) is 1. The van der Waals surface area contributed by atoms with Gasteiger partial charge in [0.15, 0.2) is 0 Å². The molecule has 34 heavy (non-hydrogen) atoms. The number of nitrogens with zero attached hydrogens (tertiary/aromatic N) is 1. The highest BCUT2D eigenvalue weighted by Gasteiger charge is 2.41. The summed E-state index contributed by atoms with van der Waals surface area (Å²) >= 11 is 0. The van der Waals surface area contributed by atoms with Crippen molar-refractivity contribution < 1.29 is 9.59 Å². The SMILES string of the molecule is CC(C)c1ccc(N2C(=O)/C(=C/c3ccccc3)c3ccccc3C2C(=O)NC(C)(C)C)cc1. The van der Waals surface area contributed by atoms with Crippen molar-refractivity contribution in [1.29, 1.82) is 0 Å². The first-order valence-electron chi connectivity index (χ1n) is 11.8. The van der Waals surface area contributed by atoms with E-state index >= 15 is 0 Å². The summed E-state index contributed by atoms with van der Waals surface area (Å²) in [5, 5.41) is 3.09. The van der Waals surface area contributed by atoms with Gasteiger partial charge in [0.1, 0.15) is 6.04 Å². The summed E-state index contributed by atoms with van der Waals surface area (Å²) in [4.78, 5) is 29.3. The summed E-state index contributed by atoms with van der Waals surface area (Å²) in [5.74, 6) is -0.00531. The van der Waals surface area contributed by atoms with E-state index in [2.05, 4.69) is 19.2 Å². The lowest BCUT2D eigenvalue weighted by molar-refractivity contribution is -0.126. The second-order valence-electron chi connectivity index (χ2n) is 10.1. The summed E-state index contributed by atoms with van der Waals surface area (Å²) in [6.07, 6.45) is 1.91. The van der Waals surface area contributed by atoms with Crippen LogP contribution in [-0.2, 0) is 9.59 Å². The predicted octanol–water partition coefficient (Wildman–Crippen LogP) is 6.35. The smallest absolute Gasteiger partial charge is 0.259 e. The highest BCUT2D eigenvalue weighted by atomic mass is 16.2. The maximum absolute atomic E-state index is 14.1. The first-order chi connectivity index (χ1) is 16.2. The molecule has 2 amide bonds. The molecule has 3 aromatic rings. The Bertz CT molecular complexity index is 1220. The van der Waals surface area contributed by atoms with Crippen LogP contribution in [0.1, 0.15) is 68.8 Å². The maximum atomic E-state index is 14.1. The van der Waals surface area contributed by atoms with Crippen molar-refractivity contribution in [3.63, 3.8) is 0 Å². The molecule has 4 nitrogen and oxygen atoms in total. The van der Waals surface area contributed by atoms with Crippen LogP contribution in [0.2, 0.25) is 0 Å². The minimum Gasteiger partial charge on any atom is -0.349 e. The zero-order chi connectivity index (χ0) is 24.5. The minimum atomic E-state index is -0.763. The summed E-state index contributed by atoms with van der Waals surface area (Å²) in [6, 6.07) is 24.7. The Labute approximate surface area is 202 Å². The molecule has 0 bridgehead atoms. The van der Waals surface area contributed by atoms with Gasteiger partial charge in [-0.05, 0) is 67.2 Å². The summed E-state index contributed by atoms with van der Waals surface area (Å²) in [7, 11) is 0. The molecule has 0 saturated heterocycles. The number of benzene rings is 3. The van der Waals surface area contributed by atoms with Gasteiger partial charge in [-0.1, -0.05) is 80.6 Å². The summed E-state index contributed by atoms with van der Waals surface area (Å²) in [5.41, 5.74) is 4.59. The van der Waals surface area contributed by atoms with Gasteiger partial charge in [-0.3, -0.25) is 14.5 Å². The fourth-order valence-corrected chi connectivity index (χ4v) is 4.32. The fourth-order valence-electron chi connectivity index (χ4n) is 4.32. The number of carbonyl (C=O) groups excluding carboxylic acids is 2. The van der Waals surface area contributed by atoms with Gasteiger partial charge in [0.05, 0.1) is 0 Å². The Morgan fingerprint density at radius 1 is 0.912 bits per heavy atom. The molecule has 174 valence electrons. The van der Waals surface area contributed by atoms with Crippen LogP contribution < -0.4 is 10.2 Å². The van der Waals surface area contributed by atoms with Crippen LogP contribution in [0.4, 0.5) is 5.69 Å². The Morgan fingerprint density at radius 3 is 2.15 bits per heavy atom. The van der Waals surface area contributed by atoms with E-state index in [1.54, 1.807) is 4.90 Å². The van der Waals surface area contributed by atoms with Crippen LogP contribution in [0, 0.1) is 0 Å². The van der Waals surface area contributed by atoms with E-state index in [-0.39, 0.29) is 11.8 Å². The molecule has 3 aromatic carbocycles. The quantitative estimate of drug-likeness (QED) is 0.469. The van der Waals surface area contributed by atoms with Crippen molar-refractivity contribution in [3.8, 4) is 0 Å². The maximum Gasteiger partial charge on any atom is 0.259 e. The standard InChI is InChI=1S/C30H32N2O2/c1-20(2)22-15-17-23(18-16-22)32-27(28(33)31-30(3,4)5)25-14-10-9-13-24(25)26(29(32)34)19-21-11-7-6-8-12-21/h6-20,27H,1-5H3,(H,31,33)/b26-19+. The molecule has 0 spiro atoms. The Balaban J connectivity index is 1.91. The lowest BCUT2D eigenvalue weighted by Crippen LogP contribution is -2.51. The molecule has 1 N–H and O–H groups in total. The molecule has 1 unspecified atom stereocenters. The minimum absolute atomic E-state index is 0.186. The van der Waals surface area contributed by atoms with E-state index in [1.165, 1.54) is 5.56 Å². The van der Waals surface area contributed by atoms with Crippen molar-refractivity contribution in [2.24, 2.45) is 0 Å². The van der Waals surface area contributed by atoms with Gasteiger partial charge in [-0.25, -0.2) is 0 Å². The third kappa shape index (κ3) is 4.81. The van der Waals surface area contributed by atoms with Gasteiger partial charge in [0, 0.05) is 16.8 Å². The van der Waals surface area contributed by atoms with Crippen LogP contribution in [0.3, 0.4) is 0 Å². The number of rotatable bonds is 4. The van der Waals surface area contributed by atoms with E-state index in [1.807, 2.05) is 106 Å². The third-order valence-corrected chi connectivity index (χ3v) is 5.95. The number of anilines is 1. The van der Waals surface area contributed by atoms with Crippen molar-refractivity contribution in [3.05, 3.63) is 101 Å². The first-order valence-corrected chi connectivity index (χ1v) is 11.8. The largest absolute Gasteiger partial charge is 0.349 e. The lowest BCUT2D eigenvalue weighted by Gasteiger charge is -2.38. The molecule has 0 fully saturated rings. The van der Waals surface area contributed by atoms with Crippen LogP contribution in [-0.4, -0.2) is 17.4 Å². The number of carbonyl (C=O) groups is 2. The highest BCUT2D eigenvalue weighted by molar-refractivity contribution is 6.33. The van der Waals surface area contributed by atoms with Gasteiger partial charge in [0.2, 0.25) is 5.91 Å². The number of hydrogen-bond acceptors (Lipinski definition) is 2. The Kier molecular flexibility index (Phi) is 6.43. The second-order valence-corrected chi connectivity index (χ2v) is 10.1. The van der Waals surface area contributed by atoms with Gasteiger partial charge in [-0.2, -0.15) is 0 Å². The second kappa shape index (κ2) is 9.30. The molecule has 4 rings (SSSR count). The van der Waals surface area contributed by atoms with Crippen molar-refractivity contribution in [2.75, 3.05) is 4.90 Å². The van der Waals surface area contributed by atoms with Gasteiger partial charge >= 0.3 is 0 Å². The van der Waals surface area contributed by atoms with Crippen LogP contribution in [0.15, 0.2) is 78.9 Å². The average Bonchev–Trinajstić information content (AvgIpc) is 2.80. The topological polar surface area (TPSA) is 49.4 Å². The zero-order valence-electron chi connectivity index (χ0n) is 20.5. The zero-order valence-corrected chi connectivity index (χ0v) is 20.5. The Hall–Kier alpha value is -3.66. The molecule has 0 saturated carbocycles. The van der Waals surface area contributed by atoms with E-state index in [9.17, 15) is 9.59 Å². The average molecular weight is 453 g/mol. The van der Waals surface area contributed by atoms with Gasteiger partial charge in [-0.15, -0.1) is 0 Å². The number of amides is 2. The third-order valence-electron chi connectivity index (χ3n) is 5.95. The monoisotopic (exact) mass is 452 g/mol. The molecule has 0 radical (unpaired) electrons. The van der Waals surface area contributed by atoms with E-state index in [4.69, 9.17) is 0 Å². The Morgan fingerprint density at radius 2 is 1.53 bits per heavy atom. The van der Waals surface area contributed by atoms with Gasteiger partial charge < -0.3 is 5.32 Å². The summed E-state index contributed by atoms with van der Waals surface area (Å²) in [6.45, 7) is 10.1. The van der Waals surface area contributed by atoms with Crippen LogP contribution in [0.25, 0.3) is 11.6 Å². The molecular formula is C30H32N2O2. The molecular weight excluding hydrogens is 420 g/mol. The molecule has 1 heterocycles. The van der Waals surface area contributed by atoms with Crippen molar-refractivity contribution in [2.45, 2.75) is 52.1 Å². The summed E-state index contributed by atoms with van der Waals surface area (Å²) < 4.78 is 0. The van der Waals surface area contributed by atoms with Gasteiger partial charge in [0.25, 0.3) is 5.91 Å². The molecule has 1 aliphatic heterocycles. The molecule has 1 atom stereocenters. The van der Waals surface area contributed by atoms with Crippen molar-refractivity contribution in [1.82, 2.24) is 5.32 Å². The normalized spacial score (nSPS) is 17.1. The lowest BCUT2D eigenvalue weighted by atomic mass is 9.86. The first kappa shape index (κ1) is 23.5. The van der Waals surface area contributed by atoms with E-state index < -0.39 is 11.6 Å². The van der Waals surface area contributed by atoms with Crippen LogP contribution >= 0.6 is 0 Å². The van der Waals surface area contributed by atoms with E-state index in [0.29, 0.717) is 17.2 Å². The fraction of sp³-hybridized carbons (Fsp3) is 0.267. The molecule has 0 aromatic heterocycles. The van der Waals surface area contributed by atoms with E-state index in [0.717, 1.165) is 16.7 Å². The number of fused-ring (bicyclic) bond motifs is 1. The highest BCUT2D eigenvalue weighted by Crippen LogP contribution is 2.41. The van der Waals surface area contributed by atoms with Crippen LogP contribution in [0.5, 0.6) is 0 Å². The van der Waals surface area contributed by atoms with Crippen molar-refractivity contribution >= 4 is 29.2 Å².